The number of nitrogens with one attached hydrogen (secondary N) is 1. The van der Waals surface area contributed by atoms with Crippen molar-refractivity contribution >= 4 is 11.9 Å². The molecule has 0 aliphatic heterocycles. The molecule has 0 aromatic rings. The second kappa shape index (κ2) is 6.11. The van der Waals surface area contributed by atoms with Gasteiger partial charge in [0.15, 0.2) is 0 Å². The van der Waals surface area contributed by atoms with Gasteiger partial charge in [-0.15, -0.1) is 0 Å². The van der Waals surface area contributed by atoms with Crippen LogP contribution in [0.2, 0.25) is 0 Å². The number of hydrogen-bond acceptors (Lipinski definition) is 2. The molecule has 0 radical (unpaired) electrons. The zero-order chi connectivity index (χ0) is 13.8. The molecule has 18 heavy (non-hydrogen) atoms. The van der Waals surface area contributed by atoms with Crippen LogP contribution < -0.4 is 5.32 Å². The van der Waals surface area contributed by atoms with Gasteiger partial charge in [-0.2, -0.15) is 0 Å². The van der Waals surface area contributed by atoms with E-state index in [0.717, 1.165) is 0 Å². The highest BCUT2D eigenvalue weighted by atomic mass is 19.3. The summed E-state index contributed by atoms with van der Waals surface area (Å²) < 4.78 is 26.3. The summed E-state index contributed by atoms with van der Waals surface area (Å²) in [7, 11) is 0. The van der Waals surface area contributed by atoms with Gasteiger partial charge in [0.1, 0.15) is 0 Å². The van der Waals surface area contributed by atoms with E-state index >= 15 is 0 Å². The second-order valence-electron chi connectivity index (χ2n) is 4.86. The maximum atomic E-state index is 13.2. The Bertz CT molecular complexity index is 320. The fourth-order valence-electron chi connectivity index (χ4n) is 2.22. The monoisotopic (exact) mass is 263 g/mol. The lowest BCUT2D eigenvalue weighted by Gasteiger charge is -2.29. The molecular weight excluding hydrogens is 244 g/mol. The van der Waals surface area contributed by atoms with Crippen LogP contribution in [0, 0.1) is 5.92 Å². The summed E-state index contributed by atoms with van der Waals surface area (Å²) in [5.74, 6) is -4.91. The van der Waals surface area contributed by atoms with E-state index in [2.05, 4.69) is 5.32 Å². The number of rotatable bonds is 5. The normalized spacial score (nSPS) is 24.3. The number of carboxylic acids is 1. The number of hydrogen-bond donors (Lipinski definition) is 2. The van der Waals surface area contributed by atoms with Crippen LogP contribution in [-0.2, 0) is 9.59 Å². The Morgan fingerprint density at radius 3 is 2.67 bits per heavy atom. The van der Waals surface area contributed by atoms with Crippen LogP contribution >= 0.6 is 0 Å². The van der Waals surface area contributed by atoms with Crippen molar-refractivity contribution in [3.8, 4) is 0 Å². The molecule has 1 rings (SSSR count). The first-order chi connectivity index (χ1) is 8.34. The van der Waals surface area contributed by atoms with E-state index in [1.54, 1.807) is 6.92 Å². The fourth-order valence-corrected chi connectivity index (χ4v) is 2.22. The Morgan fingerprint density at radius 1 is 1.50 bits per heavy atom. The average Bonchev–Trinajstić information content (AvgIpc) is 2.26. The highest BCUT2D eigenvalue weighted by molar-refractivity contribution is 5.80. The number of carbonyl (C=O) groups excluding carboxylic acids is 1. The topological polar surface area (TPSA) is 66.4 Å². The van der Waals surface area contributed by atoms with Crippen LogP contribution in [0.15, 0.2) is 0 Å². The smallest absolute Gasteiger partial charge is 0.305 e. The lowest BCUT2D eigenvalue weighted by atomic mass is 9.85. The lowest BCUT2D eigenvalue weighted by Crippen LogP contribution is -2.42. The summed E-state index contributed by atoms with van der Waals surface area (Å²) in [6.07, 6.45) is 0.490. The molecule has 1 aliphatic rings. The van der Waals surface area contributed by atoms with Crippen LogP contribution in [0.5, 0.6) is 0 Å². The minimum atomic E-state index is -2.77. The molecule has 1 fully saturated rings. The van der Waals surface area contributed by atoms with Gasteiger partial charge < -0.3 is 10.4 Å². The largest absolute Gasteiger partial charge is 0.481 e. The van der Waals surface area contributed by atoms with Gasteiger partial charge >= 0.3 is 5.97 Å². The van der Waals surface area contributed by atoms with Gasteiger partial charge in [0, 0.05) is 24.8 Å². The van der Waals surface area contributed by atoms with E-state index in [1.165, 1.54) is 0 Å². The fraction of sp³-hybridized carbons (Fsp3) is 0.833. The Balaban J connectivity index is 2.50. The molecule has 2 atom stereocenters. The zero-order valence-corrected chi connectivity index (χ0v) is 10.4. The Labute approximate surface area is 105 Å². The molecule has 0 aromatic heterocycles. The van der Waals surface area contributed by atoms with E-state index in [9.17, 15) is 18.4 Å². The molecule has 6 heteroatoms. The summed E-state index contributed by atoms with van der Waals surface area (Å²) in [5, 5.41) is 11.2. The minimum absolute atomic E-state index is 0.164. The molecule has 0 bridgehead atoms. The first-order valence-corrected chi connectivity index (χ1v) is 6.24. The summed E-state index contributed by atoms with van der Waals surface area (Å²) in [4.78, 5) is 22.4. The van der Waals surface area contributed by atoms with Crippen molar-refractivity contribution in [3.63, 3.8) is 0 Å². The summed E-state index contributed by atoms with van der Waals surface area (Å²) in [6, 6.07) is -0.481. The van der Waals surface area contributed by atoms with Crippen LogP contribution in [0.3, 0.4) is 0 Å². The molecule has 0 spiro atoms. The molecule has 0 saturated heterocycles. The standard InChI is InChI=1S/C12H19F2NO3/c1-2-9(6-10(16)17)15-11(18)8-4-3-5-12(13,14)7-8/h8-9H,2-7H2,1H3,(H,15,18)(H,16,17). The van der Waals surface area contributed by atoms with Gasteiger partial charge in [-0.05, 0) is 19.3 Å². The third-order valence-corrected chi connectivity index (χ3v) is 3.27. The maximum absolute atomic E-state index is 13.2. The van der Waals surface area contributed by atoms with Crippen molar-refractivity contribution in [1.29, 1.82) is 0 Å². The number of aliphatic carboxylic acids is 1. The Kier molecular flexibility index (Phi) is 5.04. The van der Waals surface area contributed by atoms with Gasteiger partial charge in [-0.3, -0.25) is 9.59 Å². The summed E-state index contributed by atoms with van der Waals surface area (Å²) in [5.41, 5.74) is 0. The Hall–Kier alpha value is -1.20. The number of carboxylic acid groups (broad SMARTS) is 1. The van der Waals surface area contributed by atoms with Crippen molar-refractivity contribution in [3.05, 3.63) is 0 Å². The second-order valence-corrected chi connectivity index (χ2v) is 4.86. The predicted octanol–water partition coefficient (Wildman–Crippen LogP) is 2.18. The molecule has 1 amide bonds. The van der Waals surface area contributed by atoms with Crippen molar-refractivity contribution in [1.82, 2.24) is 5.32 Å². The van der Waals surface area contributed by atoms with E-state index in [-0.39, 0.29) is 12.8 Å². The average molecular weight is 263 g/mol. The molecular formula is C12H19F2NO3. The molecule has 1 saturated carbocycles. The third-order valence-electron chi connectivity index (χ3n) is 3.27. The van der Waals surface area contributed by atoms with Gasteiger partial charge in [0.2, 0.25) is 11.8 Å². The molecule has 0 aromatic carbocycles. The predicted molar refractivity (Wildman–Crippen MR) is 61.4 cm³/mol. The zero-order valence-electron chi connectivity index (χ0n) is 10.4. The van der Waals surface area contributed by atoms with E-state index in [0.29, 0.717) is 19.3 Å². The molecule has 2 unspecified atom stereocenters. The number of amides is 1. The minimum Gasteiger partial charge on any atom is -0.481 e. The number of halogens is 2. The van der Waals surface area contributed by atoms with Crippen molar-refractivity contribution in [2.24, 2.45) is 5.92 Å². The van der Waals surface area contributed by atoms with Gasteiger partial charge in [-0.25, -0.2) is 8.78 Å². The molecule has 104 valence electrons. The molecule has 1 aliphatic carbocycles. The van der Waals surface area contributed by atoms with Crippen LogP contribution in [0.1, 0.15) is 45.4 Å². The quantitative estimate of drug-likeness (QED) is 0.799. The molecule has 2 N–H and O–H groups in total. The van der Waals surface area contributed by atoms with E-state index in [4.69, 9.17) is 5.11 Å². The highest BCUT2D eigenvalue weighted by Crippen LogP contribution is 2.36. The van der Waals surface area contributed by atoms with Crippen LogP contribution in [0.25, 0.3) is 0 Å². The van der Waals surface area contributed by atoms with Crippen molar-refractivity contribution in [2.75, 3.05) is 0 Å². The third kappa shape index (κ3) is 4.58. The van der Waals surface area contributed by atoms with E-state index < -0.39 is 36.2 Å². The van der Waals surface area contributed by atoms with E-state index in [1.807, 2.05) is 0 Å². The van der Waals surface area contributed by atoms with Gasteiger partial charge in [0.25, 0.3) is 0 Å². The number of alkyl halides is 2. The van der Waals surface area contributed by atoms with Crippen LogP contribution in [0.4, 0.5) is 8.78 Å². The summed E-state index contributed by atoms with van der Waals surface area (Å²) >= 11 is 0. The molecule has 4 nitrogen and oxygen atoms in total. The lowest BCUT2D eigenvalue weighted by molar-refractivity contribution is -0.138. The van der Waals surface area contributed by atoms with Crippen molar-refractivity contribution in [2.45, 2.75) is 57.4 Å². The first-order valence-electron chi connectivity index (χ1n) is 6.24. The van der Waals surface area contributed by atoms with Gasteiger partial charge in [-0.1, -0.05) is 6.92 Å². The van der Waals surface area contributed by atoms with Gasteiger partial charge in [0.05, 0.1) is 6.42 Å². The van der Waals surface area contributed by atoms with Crippen LogP contribution in [-0.4, -0.2) is 28.9 Å². The highest BCUT2D eigenvalue weighted by Gasteiger charge is 2.39. The number of carbonyl (C=O) groups is 2. The molecule has 0 heterocycles. The maximum Gasteiger partial charge on any atom is 0.305 e. The SMILES string of the molecule is CCC(CC(=O)O)NC(=O)C1CCCC(F)(F)C1. The first kappa shape index (κ1) is 14.9. The Morgan fingerprint density at radius 2 is 2.17 bits per heavy atom. The summed E-state index contributed by atoms with van der Waals surface area (Å²) in [6.45, 7) is 1.75. The van der Waals surface area contributed by atoms with Crippen molar-refractivity contribution < 1.29 is 23.5 Å².